The van der Waals surface area contributed by atoms with Crippen LogP contribution in [0.4, 0.5) is 0 Å². The van der Waals surface area contributed by atoms with E-state index in [0.29, 0.717) is 18.4 Å². The Kier molecular flexibility index (Phi) is 10.8. The van der Waals surface area contributed by atoms with Crippen LogP contribution in [0.5, 0.6) is 0 Å². The number of carbonyl (C=O) groups excluding carboxylic acids is 2. The molecule has 4 nitrogen and oxygen atoms in total. The number of hydrogen-bond acceptors (Lipinski definition) is 3. The summed E-state index contributed by atoms with van der Waals surface area (Å²) in [6.45, 7) is 3.64. The van der Waals surface area contributed by atoms with E-state index in [1.807, 2.05) is 37.3 Å². The highest BCUT2D eigenvalue weighted by Gasteiger charge is 2.38. The van der Waals surface area contributed by atoms with Crippen molar-refractivity contribution >= 4 is 12.2 Å². The van der Waals surface area contributed by atoms with Gasteiger partial charge in [0.1, 0.15) is 6.29 Å². The minimum Gasteiger partial charge on any atom is -0.380 e. The summed E-state index contributed by atoms with van der Waals surface area (Å²) in [5.41, 5.74) is 1.61. The summed E-state index contributed by atoms with van der Waals surface area (Å²) >= 11 is 0. The van der Waals surface area contributed by atoms with Gasteiger partial charge in [0.2, 0.25) is 5.91 Å². The van der Waals surface area contributed by atoms with Crippen molar-refractivity contribution in [3.63, 3.8) is 0 Å². The number of benzene rings is 1. The van der Waals surface area contributed by atoms with E-state index in [1.165, 1.54) is 37.7 Å². The van der Waals surface area contributed by atoms with Gasteiger partial charge in [-0.1, -0.05) is 56.5 Å². The summed E-state index contributed by atoms with van der Waals surface area (Å²) < 4.78 is 4.93. The molecule has 1 aromatic rings. The molecule has 4 heteroatoms. The Morgan fingerprint density at radius 2 is 1.84 bits per heavy atom. The standard InChI is InChI=1S/C9H15NO.C8H10O.C4H8O/c11-8-6-9(7-10-8)4-2-1-3-5-9;1-9-7-8-5-3-2-4-6-8;1-2-3-4-5/h1-7H2,(H,10,11);2-6H,7H2,1H3;4H,2-3H2,1H3. The fourth-order valence-electron chi connectivity index (χ4n) is 3.27. The molecule has 25 heavy (non-hydrogen) atoms. The van der Waals surface area contributed by atoms with Gasteiger partial charge in [-0.05, 0) is 30.2 Å². The highest BCUT2D eigenvalue weighted by atomic mass is 16.5. The fraction of sp³-hybridized carbons (Fsp3) is 0.619. The molecule has 1 saturated carbocycles. The molecule has 2 fully saturated rings. The first-order valence-corrected chi connectivity index (χ1v) is 9.39. The van der Waals surface area contributed by atoms with Crippen molar-refractivity contribution < 1.29 is 14.3 Å². The number of aldehydes is 1. The number of rotatable bonds is 4. The third kappa shape index (κ3) is 8.82. The highest BCUT2D eigenvalue weighted by molar-refractivity contribution is 5.79. The Balaban J connectivity index is 0.000000202. The molecular formula is C21H33NO3. The van der Waals surface area contributed by atoms with Crippen LogP contribution in [0.1, 0.15) is 63.9 Å². The van der Waals surface area contributed by atoms with Gasteiger partial charge in [0.15, 0.2) is 0 Å². The Morgan fingerprint density at radius 3 is 2.28 bits per heavy atom. The van der Waals surface area contributed by atoms with E-state index in [2.05, 4.69) is 5.32 Å². The maximum Gasteiger partial charge on any atom is 0.220 e. The van der Waals surface area contributed by atoms with Crippen molar-refractivity contribution in [1.82, 2.24) is 5.32 Å². The molecule has 0 atom stereocenters. The zero-order valence-electron chi connectivity index (χ0n) is 15.8. The first-order valence-electron chi connectivity index (χ1n) is 9.39. The molecule has 0 radical (unpaired) electrons. The van der Waals surface area contributed by atoms with E-state index in [9.17, 15) is 9.59 Å². The molecule has 3 rings (SSSR count). The first-order chi connectivity index (χ1) is 12.2. The number of ether oxygens (including phenoxy) is 1. The largest absolute Gasteiger partial charge is 0.380 e. The van der Waals surface area contributed by atoms with Crippen LogP contribution in [0.2, 0.25) is 0 Å². The molecule has 0 unspecified atom stereocenters. The van der Waals surface area contributed by atoms with Gasteiger partial charge in [-0.25, -0.2) is 0 Å². The van der Waals surface area contributed by atoms with E-state index in [0.717, 1.165) is 25.7 Å². The monoisotopic (exact) mass is 347 g/mol. The van der Waals surface area contributed by atoms with E-state index in [-0.39, 0.29) is 5.91 Å². The maximum absolute atomic E-state index is 11.0. The Morgan fingerprint density at radius 1 is 1.16 bits per heavy atom. The van der Waals surface area contributed by atoms with Crippen molar-refractivity contribution in [3.8, 4) is 0 Å². The zero-order chi connectivity index (χ0) is 18.4. The molecule has 1 heterocycles. The molecule has 1 aliphatic heterocycles. The molecule has 1 aromatic carbocycles. The molecular weight excluding hydrogens is 314 g/mol. The third-order valence-electron chi connectivity index (χ3n) is 4.67. The van der Waals surface area contributed by atoms with Crippen LogP contribution in [0.15, 0.2) is 30.3 Å². The average Bonchev–Trinajstić information content (AvgIpc) is 2.99. The predicted octanol–water partition coefficient (Wildman–Crippen LogP) is 4.28. The van der Waals surface area contributed by atoms with Crippen molar-refractivity contribution in [1.29, 1.82) is 0 Å². The summed E-state index contributed by atoms with van der Waals surface area (Å²) in [6.07, 6.45) is 9.98. The van der Waals surface area contributed by atoms with Crippen molar-refractivity contribution in [2.75, 3.05) is 13.7 Å². The second kappa shape index (κ2) is 12.6. The van der Waals surface area contributed by atoms with Gasteiger partial charge in [0, 0.05) is 26.5 Å². The second-order valence-electron chi connectivity index (χ2n) is 6.89. The van der Waals surface area contributed by atoms with Gasteiger partial charge in [0.25, 0.3) is 0 Å². The number of carbonyl (C=O) groups is 2. The normalized spacial score (nSPS) is 17.6. The SMILES string of the molecule is CCCC=O.COCc1ccccc1.O=C1CC2(CCCCC2)CN1. The topological polar surface area (TPSA) is 55.4 Å². The summed E-state index contributed by atoms with van der Waals surface area (Å²) in [4.78, 5) is 20.4. The number of methoxy groups -OCH3 is 1. The molecule has 0 aromatic heterocycles. The lowest BCUT2D eigenvalue weighted by Crippen LogP contribution is -2.26. The maximum atomic E-state index is 11.0. The molecule has 1 aliphatic carbocycles. The highest BCUT2D eigenvalue weighted by Crippen LogP contribution is 2.40. The van der Waals surface area contributed by atoms with E-state index >= 15 is 0 Å². The summed E-state index contributed by atoms with van der Waals surface area (Å²) in [5.74, 6) is 0.270. The van der Waals surface area contributed by atoms with Crippen LogP contribution in [-0.2, 0) is 20.9 Å². The Labute approximate surface area is 152 Å². The second-order valence-corrected chi connectivity index (χ2v) is 6.89. The lowest BCUT2D eigenvalue weighted by Gasteiger charge is -2.31. The van der Waals surface area contributed by atoms with Gasteiger partial charge in [-0.3, -0.25) is 4.79 Å². The zero-order valence-corrected chi connectivity index (χ0v) is 15.8. The van der Waals surface area contributed by atoms with Crippen LogP contribution in [0.3, 0.4) is 0 Å². The summed E-state index contributed by atoms with van der Waals surface area (Å²) in [7, 11) is 1.70. The van der Waals surface area contributed by atoms with Crippen LogP contribution < -0.4 is 5.32 Å². The number of unbranched alkanes of at least 4 members (excludes halogenated alkanes) is 1. The van der Waals surface area contributed by atoms with Gasteiger partial charge in [-0.15, -0.1) is 0 Å². The Hall–Kier alpha value is -1.68. The average molecular weight is 347 g/mol. The number of nitrogens with one attached hydrogen (secondary N) is 1. The van der Waals surface area contributed by atoms with Gasteiger partial charge >= 0.3 is 0 Å². The van der Waals surface area contributed by atoms with Gasteiger partial charge < -0.3 is 14.8 Å². The molecule has 1 saturated heterocycles. The van der Waals surface area contributed by atoms with Crippen LogP contribution in [0.25, 0.3) is 0 Å². The van der Waals surface area contributed by atoms with Crippen LogP contribution in [0, 0.1) is 5.41 Å². The smallest absolute Gasteiger partial charge is 0.220 e. The van der Waals surface area contributed by atoms with Crippen molar-refractivity contribution in [2.24, 2.45) is 5.41 Å². The number of hydrogen-bond donors (Lipinski definition) is 1. The first kappa shape index (κ1) is 21.4. The predicted molar refractivity (Wildman–Crippen MR) is 101 cm³/mol. The van der Waals surface area contributed by atoms with Gasteiger partial charge in [0.05, 0.1) is 6.61 Å². The number of amides is 1. The minimum absolute atomic E-state index is 0.270. The molecule has 1 spiro atoms. The molecule has 0 bridgehead atoms. The quantitative estimate of drug-likeness (QED) is 0.827. The van der Waals surface area contributed by atoms with Crippen molar-refractivity contribution in [2.45, 2.75) is 64.9 Å². The van der Waals surface area contributed by atoms with Crippen LogP contribution in [-0.4, -0.2) is 25.8 Å². The fourth-order valence-corrected chi connectivity index (χ4v) is 3.27. The Bertz CT molecular complexity index is 481. The molecule has 1 amide bonds. The summed E-state index contributed by atoms with van der Waals surface area (Å²) in [5, 5.41) is 2.94. The molecule has 1 N–H and O–H groups in total. The lowest BCUT2D eigenvalue weighted by atomic mass is 9.73. The third-order valence-corrected chi connectivity index (χ3v) is 4.67. The van der Waals surface area contributed by atoms with Gasteiger partial charge in [-0.2, -0.15) is 0 Å². The lowest BCUT2D eigenvalue weighted by molar-refractivity contribution is -0.119. The van der Waals surface area contributed by atoms with Crippen LogP contribution >= 0.6 is 0 Å². The van der Waals surface area contributed by atoms with E-state index < -0.39 is 0 Å². The molecule has 140 valence electrons. The van der Waals surface area contributed by atoms with E-state index in [4.69, 9.17) is 4.74 Å². The minimum atomic E-state index is 0.270. The van der Waals surface area contributed by atoms with E-state index in [1.54, 1.807) is 7.11 Å². The molecule has 2 aliphatic rings. The summed E-state index contributed by atoms with van der Waals surface area (Å²) in [6, 6.07) is 10.1. The van der Waals surface area contributed by atoms with Crippen molar-refractivity contribution in [3.05, 3.63) is 35.9 Å².